The molecule has 1 fully saturated rings. The van der Waals surface area contributed by atoms with Crippen molar-refractivity contribution >= 4 is 23.9 Å². The lowest BCUT2D eigenvalue weighted by Gasteiger charge is -2.32. The van der Waals surface area contributed by atoms with E-state index in [1.807, 2.05) is 0 Å². The second kappa shape index (κ2) is 21.9. The summed E-state index contributed by atoms with van der Waals surface area (Å²) in [7, 11) is 2.25. The minimum Gasteiger partial charge on any atom is -0.473 e. The van der Waals surface area contributed by atoms with Gasteiger partial charge in [-0.2, -0.15) is 0 Å². The van der Waals surface area contributed by atoms with Crippen LogP contribution in [0.4, 0.5) is 0 Å². The van der Waals surface area contributed by atoms with Crippen LogP contribution in [0.15, 0.2) is 60.7 Å². The van der Waals surface area contributed by atoms with Crippen LogP contribution in [0, 0.1) is 0 Å². The highest BCUT2D eigenvalue weighted by Gasteiger charge is 2.19. The van der Waals surface area contributed by atoms with E-state index in [1.54, 1.807) is 0 Å². The number of carbonyl (C=O) groups is 4. The van der Waals surface area contributed by atoms with Gasteiger partial charge in [0.25, 0.3) is 0 Å². The van der Waals surface area contributed by atoms with Crippen LogP contribution in [0.3, 0.4) is 0 Å². The molecule has 232 valence electrons. The average Bonchev–Trinajstić information content (AvgIpc) is 2.97. The van der Waals surface area contributed by atoms with Crippen LogP contribution >= 0.6 is 0 Å². The first kappa shape index (κ1) is 36.2. The standard InChI is InChI=1S/C27H40N2O.2C2H2O4/c1-28(20-11-16-25-12-5-2-6-13-25)19-9-4-10-23-30-27-17-21-29(22-18-27)24-26-14-7-3-8-15-26;2*3-1(4)2(5)6/h2-3,5-8,12-15,27H,4,9-11,16-24H2,1H3;2*(H,3,4)(H,5,6). The van der Waals surface area contributed by atoms with Gasteiger partial charge in [0.1, 0.15) is 0 Å². The van der Waals surface area contributed by atoms with Crippen LogP contribution in [-0.2, 0) is 36.9 Å². The maximum absolute atomic E-state index is 9.10. The van der Waals surface area contributed by atoms with Gasteiger partial charge in [-0.3, -0.25) is 4.90 Å². The molecule has 0 aliphatic carbocycles. The molecule has 1 heterocycles. The number of benzene rings is 2. The Kier molecular flexibility index (Phi) is 18.9. The van der Waals surface area contributed by atoms with Crippen molar-refractivity contribution in [2.45, 2.75) is 57.6 Å². The zero-order valence-electron chi connectivity index (χ0n) is 24.3. The number of likely N-dealkylation sites (tertiary alicyclic amines) is 1. The quantitative estimate of drug-likeness (QED) is 0.199. The van der Waals surface area contributed by atoms with Gasteiger partial charge in [-0.1, -0.05) is 60.7 Å². The second-order valence-corrected chi connectivity index (χ2v) is 10.0. The minimum absolute atomic E-state index is 0.470. The number of carboxylic acids is 4. The number of carboxylic acid groups (broad SMARTS) is 4. The smallest absolute Gasteiger partial charge is 0.414 e. The van der Waals surface area contributed by atoms with Crippen molar-refractivity contribution in [3.8, 4) is 0 Å². The third-order valence-electron chi connectivity index (χ3n) is 6.54. The highest BCUT2D eigenvalue weighted by atomic mass is 16.5. The fourth-order valence-corrected chi connectivity index (χ4v) is 4.30. The van der Waals surface area contributed by atoms with E-state index < -0.39 is 23.9 Å². The van der Waals surface area contributed by atoms with E-state index in [1.165, 1.54) is 69.2 Å². The zero-order valence-corrected chi connectivity index (χ0v) is 24.3. The lowest BCUT2D eigenvalue weighted by atomic mass is 10.1. The first-order chi connectivity index (χ1) is 20.1. The van der Waals surface area contributed by atoms with Gasteiger partial charge in [-0.25, -0.2) is 19.2 Å². The van der Waals surface area contributed by atoms with E-state index in [0.29, 0.717) is 6.10 Å². The largest absolute Gasteiger partial charge is 0.473 e. The number of hydrogen-bond donors (Lipinski definition) is 4. The van der Waals surface area contributed by atoms with Gasteiger partial charge in [0.05, 0.1) is 6.10 Å². The van der Waals surface area contributed by atoms with Crippen LogP contribution in [0.1, 0.15) is 49.7 Å². The summed E-state index contributed by atoms with van der Waals surface area (Å²) in [6.07, 6.45) is 9.00. The summed E-state index contributed by atoms with van der Waals surface area (Å²) >= 11 is 0. The van der Waals surface area contributed by atoms with Gasteiger partial charge in [0.15, 0.2) is 0 Å². The van der Waals surface area contributed by atoms with Crippen molar-refractivity contribution in [2.24, 2.45) is 0 Å². The van der Waals surface area contributed by atoms with E-state index in [0.717, 1.165) is 26.2 Å². The Hall–Kier alpha value is -3.80. The van der Waals surface area contributed by atoms with Gasteiger partial charge in [-0.15, -0.1) is 0 Å². The number of nitrogens with zero attached hydrogens (tertiary/aromatic N) is 2. The Labute approximate surface area is 247 Å². The highest BCUT2D eigenvalue weighted by molar-refractivity contribution is 6.27. The molecule has 0 spiro atoms. The van der Waals surface area contributed by atoms with Crippen molar-refractivity contribution in [1.29, 1.82) is 0 Å². The van der Waals surface area contributed by atoms with Gasteiger partial charge in [0, 0.05) is 26.2 Å². The monoisotopic (exact) mass is 588 g/mol. The van der Waals surface area contributed by atoms with Crippen LogP contribution in [0.5, 0.6) is 0 Å². The summed E-state index contributed by atoms with van der Waals surface area (Å²) in [4.78, 5) is 41.4. The molecule has 2 aromatic rings. The van der Waals surface area contributed by atoms with Crippen LogP contribution in [-0.4, -0.2) is 100 Å². The number of piperidine rings is 1. The number of ether oxygens (including phenoxy) is 1. The van der Waals surface area contributed by atoms with Crippen LogP contribution in [0.2, 0.25) is 0 Å². The zero-order chi connectivity index (χ0) is 31.2. The molecule has 3 rings (SSSR count). The molecule has 42 heavy (non-hydrogen) atoms. The summed E-state index contributed by atoms with van der Waals surface area (Å²) in [6, 6.07) is 21.6. The highest BCUT2D eigenvalue weighted by Crippen LogP contribution is 2.17. The molecule has 2 aromatic carbocycles. The maximum Gasteiger partial charge on any atom is 0.414 e. The van der Waals surface area contributed by atoms with E-state index >= 15 is 0 Å². The molecule has 0 unspecified atom stereocenters. The Bertz CT molecular complexity index is 995. The first-order valence-electron chi connectivity index (χ1n) is 14.1. The van der Waals surface area contributed by atoms with E-state index in [4.69, 9.17) is 44.3 Å². The molecule has 0 aromatic heterocycles. The molecular formula is C31H44N2O9. The molecule has 1 aliphatic rings. The summed E-state index contributed by atoms with van der Waals surface area (Å²) in [5, 5.41) is 29.6. The van der Waals surface area contributed by atoms with Crippen molar-refractivity contribution in [3.05, 3.63) is 71.8 Å². The normalized spacial score (nSPS) is 13.3. The number of rotatable bonds is 13. The second-order valence-electron chi connectivity index (χ2n) is 10.0. The molecule has 4 N–H and O–H groups in total. The van der Waals surface area contributed by atoms with Crippen LogP contribution < -0.4 is 0 Å². The molecule has 0 saturated carbocycles. The van der Waals surface area contributed by atoms with Gasteiger partial charge in [0.2, 0.25) is 0 Å². The van der Waals surface area contributed by atoms with Crippen molar-refractivity contribution in [1.82, 2.24) is 9.80 Å². The lowest BCUT2D eigenvalue weighted by Crippen LogP contribution is -2.36. The Morgan fingerprint density at radius 1 is 0.714 bits per heavy atom. The summed E-state index contributed by atoms with van der Waals surface area (Å²) in [5.41, 5.74) is 2.87. The molecule has 1 aliphatic heterocycles. The molecule has 0 radical (unpaired) electrons. The number of aryl methyl sites for hydroxylation is 1. The molecule has 0 atom stereocenters. The molecular weight excluding hydrogens is 544 g/mol. The average molecular weight is 589 g/mol. The molecule has 0 bridgehead atoms. The van der Waals surface area contributed by atoms with E-state index in [9.17, 15) is 0 Å². The summed E-state index contributed by atoms with van der Waals surface area (Å²) in [5.74, 6) is -7.30. The van der Waals surface area contributed by atoms with Crippen LogP contribution in [0.25, 0.3) is 0 Å². The fourth-order valence-electron chi connectivity index (χ4n) is 4.30. The third kappa shape index (κ3) is 18.5. The number of aliphatic carboxylic acids is 4. The predicted octanol–water partition coefficient (Wildman–Crippen LogP) is 3.71. The van der Waals surface area contributed by atoms with Crippen molar-refractivity contribution in [3.63, 3.8) is 0 Å². The number of unbranched alkanes of at least 4 members (excludes halogenated alkanes) is 2. The topological polar surface area (TPSA) is 165 Å². The van der Waals surface area contributed by atoms with Crippen molar-refractivity contribution < 1.29 is 44.3 Å². The lowest BCUT2D eigenvalue weighted by molar-refractivity contribution is -0.159. The SMILES string of the molecule is CN(CCCCCOC1CCN(Cc2ccccc2)CC1)CCCc1ccccc1.O=C(O)C(=O)O.O=C(O)C(=O)O. The predicted molar refractivity (Wildman–Crippen MR) is 157 cm³/mol. The Morgan fingerprint density at radius 3 is 1.69 bits per heavy atom. The van der Waals surface area contributed by atoms with Gasteiger partial charge >= 0.3 is 23.9 Å². The molecule has 0 amide bonds. The number of hydrogen-bond acceptors (Lipinski definition) is 7. The van der Waals surface area contributed by atoms with Gasteiger partial charge < -0.3 is 30.1 Å². The van der Waals surface area contributed by atoms with E-state index in [2.05, 4.69) is 77.5 Å². The Balaban J connectivity index is 0.000000618. The first-order valence-corrected chi connectivity index (χ1v) is 14.1. The minimum atomic E-state index is -1.82. The third-order valence-corrected chi connectivity index (χ3v) is 6.54. The molecule has 1 saturated heterocycles. The summed E-state index contributed by atoms with van der Waals surface area (Å²) in [6.45, 7) is 6.72. The molecule has 11 heteroatoms. The van der Waals surface area contributed by atoms with Gasteiger partial charge in [-0.05, 0) is 76.2 Å². The fraction of sp³-hybridized carbons (Fsp3) is 0.484. The Morgan fingerprint density at radius 2 is 1.19 bits per heavy atom. The van der Waals surface area contributed by atoms with Crippen molar-refractivity contribution in [2.75, 3.05) is 39.8 Å². The summed E-state index contributed by atoms with van der Waals surface area (Å²) < 4.78 is 6.16. The maximum atomic E-state index is 9.10. The van der Waals surface area contributed by atoms with E-state index in [-0.39, 0.29) is 0 Å². The molecule has 11 nitrogen and oxygen atoms in total.